The molecular formula is C18H16N2O2S2. The number of oxazole rings is 1. The Morgan fingerprint density at radius 3 is 3.17 bits per heavy atom. The van der Waals surface area contributed by atoms with Crippen LogP contribution in [0, 0.1) is 6.92 Å². The quantitative estimate of drug-likeness (QED) is 0.766. The molecule has 122 valence electrons. The second-order valence-corrected chi connectivity index (χ2v) is 7.95. The standard InChI is InChI=1S/C18H16N2O2S2/c1-11-4-5-12-8-16(24-15(12)7-11)17(21)19-9-13-10-22-18(20-13)14-3-2-6-23-14/h2-7,10,16H,8-9H2,1H3,(H,19,21)/t16-/m0/s1. The van der Waals surface area contributed by atoms with Gasteiger partial charge in [0.05, 0.1) is 22.4 Å². The molecule has 1 aliphatic rings. The fraction of sp³-hybridized carbons (Fsp3) is 0.222. The average Bonchev–Trinajstić information content (AvgIpc) is 3.30. The van der Waals surface area contributed by atoms with Crippen molar-refractivity contribution in [3.63, 3.8) is 0 Å². The largest absolute Gasteiger partial charge is 0.443 e. The normalized spacial score (nSPS) is 16.1. The van der Waals surface area contributed by atoms with Crippen LogP contribution in [0.2, 0.25) is 0 Å². The molecule has 1 aromatic carbocycles. The first kappa shape index (κ1) is 15.5. The van der Waals surface area contributed by atoms with E-state index in [-0.39, 0.29) is 11.2 Å². The van der Waals surface area contributed by atoms with Crippen molar-refractivity contribution in [1.29, 1.82) is 0 Å². The minimum absolute atomic E-state index is 0.0505. The molecule has 6 heteroatoms. The Kier molecular flexibility index (Phi) is 4.16. The van der Waals surface area contributed by atoms with Crippen LogP contribution < -0.4 is 5.32 Å². The van der Waals surface area contributed by atoms with E-state index in [9.17, 15) is 4.79 Å². The van der Waals surface area contributed by atoms with Crippen molar-refractivity contribution in [2.24, 2.45) is 0 Å². The zero-order valence-electron chi connectivity index (χ0n) is 13.1. The number of amides is 1. The van der Waals surface area contributed by atoms with E-state index in [4.69, 9.17) is 4.42 Å². The third-order valence-electron chi connectivity index (χ3n) is 3.92. The molecular weight excluding hydrogens is 340 g/mol. The maximum atomic E-state index is 12.4. The summed E-state index contributed by atoms with van der Waals surface area (Å²) in [5.41, 5.74) is 3.22. The number of nitrogens with one attached hydrogen (secondary N) is 1. The van der Waals surface area contributed by atoms with Gasteiger partial charge < -0.3 is 9.73 Å². The summed E-state index contributed by atoms with van der Waals surface area (Å²) in [7, 11) is 0. The molecule has 24 heavy (non-hydrogen) atoms. The molecule has 3 heterocycles. The van der Waals surface area contributed by atoms with Crippen LogP contribution >= 0.6 is 23.1 Å². The zero-order chi connectivity index (χ0) is 16.5. The van der Waals surface area contributed by atoms with E-state index in [0.29, 0.717) is 12.4 Å². The number of benzene rings is 1. The zero-order valence-corrected chi connectivity index (χ0v) is 14.7. The summed E-state index contributed by atoms with van der Waals surface area (Å²) < 4.78 is 5.47. The number of nitrogens with zero attached hydrogens (tertiary/aromatic N) is 1. The van der Waals surface area contributed by atoms with Crippen molar-refractivity contribution < 1.29 is 9.21 Å². The fourth-order valence-corrected chi connectivity index (χ4v) is 4.65. The predicted molar refractivity (Wildman–Crippen MR) is 96.2 cm³/mol. The van der Waals surface area contributed by atoms with Crippen LogP contribution in [-0.4, -0.2) is 16.1 Å². The second kappa shape index (κ2) is 6.45. The van der Waals surface area contributed by atoms with Gasteiger partial charge in [0, 0.05) is 4.90 Å². The molecule has 0 saturated heterocycles. The molecule has 0 spiro atoms. The van der Waals surface area contributed by atoms with E-state index in [1.54, 1.807) is 29.4 Å². The highest BCUT2D eigenvalue weighted by Gasteiger charge is 2.28. The molecule has 1 aliphatic heterocycles. The highest BCUT2D eigenvalue weighted by atomic mass is 32.2. The molecule has 3 aromatic rings. The maximum Gasteiger partial charge on any atom is 0.236 e. The van der Waals surface area contributed by atoms with Gasteiger partial charge in [-0.05, 0) is 36.4 Å². The number of aryl methyl sites for hydroxylation is 1. The Balaban J connectivity index is 1.36. The van der Waals surface area contributed by atoms with Gasteiger partial charge in [-0.15, -0.1) is 23.1 Å². The minimum atomic E-state index is -0.0644. The molecule has 2 aromatic heterocycles. The van der Waals surface area contributed by atoms with Gasteiger partial charge in [0.2, 0.25) is 11.8 Å². The van der Waals surface area contributed by atoms with Crippen molar-refractivity contribution >= 4 is 29.0 Å². The van der Waals surface area contributed by atoms with Crippen LogP contribution in [0.3, 0.4) is 0 Å². The molecule has 0 saturated carbocycles. The third kappa shape index (κ3) is 3.12. The van der Waals surface area contributed by atoms with Crippen molar-refractivity contribution in [2.45, 2.75) is 30.0 Å². The van der Waals surface area contributed by atoms with Crippen molar-refractivity contribution in [3.8, 4) is 10.8 Å². The Morgan fingerprint density at radius 2 is 2.33 bits per heavy atom. The summed E-state index contributed by atoms with van der Waals surface area (Å²) in [4.78, 5) is 19.1. The van der Waals surface area contributed by atoms with Crippen molar-refractivity contribution in [3.05, 3.63) is 58.8 Å². The molecule has 0 aliphatic carbocycles. The van der Waals surface area contributed by atoms with Crippen LogP contribution in [-0.2, 0) is 17.8 Å². The molecule has 1 N–H and O–H groups in total. The average molecular weight is 356 g/mol. The minimum Gasteiger partial charge on any atom is -0.443 e. The van der Waals surface area contributed by atoms with Crippen molar-refractivity contribution in [2.75, 3.05) is 0 Å². The summed E-state index contributed by atoms with van der Waals surface area (Å²) >= 11 is 3.22. The van der Waals surface area contributed by atoms with Gasteiger partial charge in [-0.2, -0.15) is 0 Å². The Morgan fingerprint density at radius 1 is 1.42 bits per heavy atom. The first-order valence-corrected chi connectivity index (χ1v) is 9.47. The molecule has 0 unspecified atom stereocenters. The summed E-state index contributed by atoms with van der Waals surface area (Å²) in [5.74, 6) is 0.655. The summed E-state index contributed by atoms with van der Waals surface area (Å²) in [5, 5.41) is 4.89. The molecule has 4 rings (SSSR count). The number of hydrogen-bond donors (Lipinski definition) is 1. The number of carbonyl (C=O) groups is 1. The monoisotopic (exact) mass is 356 g/mol. The number of rotatable bonds is 4. The molecule has 1 atom stereocenters. The van der Waals surface area contributed by atoms with E-state index in [1.807, 2.05) is 17.5 Å². The lowest BCUT2D eigenvalue weighted by atomic mass is 10.1. The highest BCUT2D eigenvalue weighted by molar-refractivity contribution is 8.01. The van der Waals surface area contributed by atoms with Crippen LogP contribution in [0.25, 0.3) is 10.8 Å². The Hall–Kier alpha value is -2.05. The third-order valence-corrected chi connectivity index (χ3v) is 6.07. The lowest BCUT2D eigenvalue weighted by Gasteiger charge is -2.08. The van der Waals surface area contributed by atoms with Gasteiger partial charge >= 0.3 is 0 Å². The van der Waals surface area contributed by atoms with Crippen LogP contribution in [0.5, 0.6) is 0 Å². The van der Waals surface area contributed by atoms with E-state index >= 15 is 0 Å². The SMILES string of the molecule is Cc1ccc2c(c1)S[C@H](C(=O)NCc1coc(-c3cccs3)n1)C2. The van der Waals surface area contributed by atoms with E-state index in [2.05, 4.69) is 35.4 Å². The predicted octanol–water partition coefficient (Wildman–Crippen LogP) is 4.04. The number of aromatic nitrogens is 1. The topological polar surface area (TPSA) is 55.1 Å². The number of fused-ring (bicyclic) bond motifs is 1. The molecule has 0 bridgehead atoms. The van der Waals surface area contributed by atoms with Gasteiger partial charge in [-0.25, -0.2) is 4.98 Å². The van der Waals surface area contributed by atoms with E-state index in [1.165, 1.54) is 16.0 Å². The maximum absolute atomic E-state index is 12.4. The molecule has 0 fully saturated rings. The van der Waals surface area contributed by atoms with Gasteiger partial charge in [0.15, 0.2) is 0 Å². The van der Waals surface area contributed by atoms with Gasteiger partial charge in [0.25, 0.3) is 0 Å². The van der Waals surface area contributed by atoms with Crippen LogP contribution in [0.1, 0.15) is 16.8 Å². The number of thiophene rings is 1. The Bertz CT molecular complexity index is 871. The van der Waals surface area contributed by atoms with Gasteiger partial charge in [0.1, 0.15) is 6.26 Å². The number of hydrogen-bond acceptors (Lipinski definition) is 5. The first-order valence-electron chi connectivity index (χ1n) is 7.71. The summed E-state index contributed by atoms with van der Waals surface area (Å²) in [6, 6.07) is 10.3. The van der Waals surface area contributed by atoms with E-state index in [0.717, 1.165) is 17.0 Å². The van der Waals surface area contributed by atoms with Gasteiger partial charge in [-0.3, -0.25) is 4.79 Å². The number of thioether (sulfide) groups is 1. The molecule has 4 nitrogen and oxygen atoms in total. The smallest absolute Gasteiger partial charge is 0.236 e. The first-order chi connectivity index (χ1) is 11.7. The van der Waals surface area contributed by atoms with Crippen molar-refractivity contribution in [1.82, 2.24) is 10.3 Å². The van der Waals surface area contributed by atoms with E-state index < -0.39 is 0 Å². The number of carbonyl (C=O) groups excluding carboxylic acids is 1. The van der Waals surface area contributed by atoms with Crippen LogP contribution in [0.4, 0.5) is 0 Å². The van der Waals surface area contributed by atoms with Crippen LogP contribution in [0.15, 0.2) is 51.3 Å². The lowest BCUT2D eigenvalue weighted by Crippen LogP contribution is -2.32. The highest BCUT2D eigenvalue weighted by Crippen LogP contribution is 2.37. The fourth-order valence-electron chi connectivity index (χ4n) is 2.67. The summed E-state index contributed by atoms with van der Waals surface area (Å²) in [6.07, 6.45) is 2.39. The molecule has 1 amide bonds. The summed E-state index contributed by atoms with van der Waals surface area (Å²) in [6.45, 7) is 2.46. The Labute approximate surface area is 148 Å². The second-order valence-electron chi connectivity index (χ2n) is 5.76. The molecule has 0 radical (unpaired) electrons. The lowest BCUT2D eigenvalue weighted by molar-refractivity contribution is -0.120. The van der Waals surface area contributed by atoms with Gasteiger partial charge in [-0.1, -0.05) is 23.8 Å².